The summed E-state index contributed by atoms with van der Waals surface area (Å²) in [4.78, 5) is 14.5. The van der Waals surface area contributed by atoms with E-state index in [9.17, 15) is 4.79 Å². The smallest absolute Gasteiger partial charge is 0.326 e. The van der Waals surface area contributed by atoms with Crippen LogP contribution in [0.15, 0.2) is 0 Å². The molecule has 0 bridgehead atoms. The molecule has 0 aromatic carbocycles. The Bertz CT molecular complexity index is 320. The normalized spacial score (nSPS) is 24.8. The zero-order valence-corrected chi connectivity index (χ0v) is 14.0. The third-order valence-electron chi connectivity index (χ3n) is 4.15. The first kappa shape index (κ1) is 17.4. The van der Waals surface area contributed by atoms with Gasteiger partial charge in [0.2, 0.25) is 0 Å². The monoisotopic (exact) mass is 284 g/mol. The Balaban J connectivity index is 2.48. The molecule has 4 heteroatoms. The van der Waals surface area contributed by atoms with Crippen molar-refractivity contribution in [3.8, 4) is 0 Å². The van der Waals surface area contributed by atoms with Crippen molar-refractivity contribution < 1.29 is 9.53 Å². The van der Waals surface area contributed by atoms with Crippen LogP contribution in [0.4, 0.5) is 0 Å². The van der Waals surface area contributed by atoms with Crippen LogP contribution in [0.2, 0.25) is 0 Å². The minimum absolute atomic E-state index is 0.137. The second-order valence-corrected chi connectivity index (χ2v) is 6.84. The summed E-state index contributed by atoms with van der Waals surface area (Å²) in [5.41, 5.74) is -0.590. The molecule has 0 radical (unpaired) electrons. The Morgan fingerprint density at radius 2 is 2.10 bits per heavy atom. The van der Waals surface area contributed by atoms with Gasteiger partial charge in [-0.05, 0) is 59.4 Å². The average molecular weight is 284 g/mol. The highest BCUT2D eigenvalue weighted by molar-refractivity contribution is 5.80. The molecule has 0 spiro atoms. The molecule has 0 saturated heterocycles. The molecule has 3 atom stereocenters. The van der Waals surface area contributed by atoms with Crippen LogP contribution < -0.4 is 5.32 Å². The van der Waals surface area contributed by atoms with E-state index in [-0.39, 0.29) is 12.0 Å². The fourth-order valence-corrected chi connectivity index (χ4v) is 2.72. The second-order valence-electron chi connectivity index (χ2n) is 6.84. The number of rotatable bonds is 9. The number of esters is 1. The Labute approximate surface area is 124 Å². The molecule has 1 aliphatic carbocycles. The number of ether oxygens (including phenoxy) is 1. The van der Waals surface area contributed by atoms with Gasteiger partial charge in [0, 0.05) is 19.1 Å². The second kappa shape index (κ2) is 7.41. The van der Waals surface area contributed by atoms with Gasteiger partial charge in [-0.2, -0.15) is 0 Å². The lowest BCUT2D eigenvalue weighted by molar-refractivity contribution is -0.151. The molecule has 1 N–H and O–H groups in total. The van der Waals surface area contributed by atoms with Gasteiger partial charge < -0.3 is 9.64 Å². The molecule has 1 aliphatic rings. The van der Waals surface area contributed by atoms with E-state index >= 15 is 0 Å². The maximum Gasteiger partial charge on any atom is 0.326 e. The van der Waals surface area contributed by atoms with E-state index in [2.05, 4.69) is 38.0 Å². The highest BCUT2D eigenvalue weighted by Crippen LogP contribution is 2.38. The topological polar surface area (TPSA) is 41.6 Å². The summed E-state index contributed by atoms with van der Waals surface area (Å²) in [6.07, 6.45) is 2.13. The van der Waals surface area contributed by atoms with Gasteiger partial charge >= 0.3 is 5.97 Å². The molecule has 1 saturated carbocycles. The Hall–Kier alpha value is -0.610. The molecule has 1 rings (SSSR count). The molecular formula is C16H32N2O2. The Morgan fingerprint density at radius 3 is 2.55 bits per heavy atom. The number of hydrogen-bond donors (Lipinski definition) is 1. The van der Waals surface area contributed by atoms with E-state index in [4.69, 9.17) is 4.74 Å². The Kier molecular flexibility index (Phi) is 6.46. The number of nitrogens with zero attached hydrogens (tertiary/aromatic N) is 1. The predicted octanol–water partition coefficient (Wildman–Crippen LogP) is 2.28. The average Bonchev–Trinajstić information content (AvgIpc) is 3.01. The van der Waals surface area contributed by atoms with Gasteiger partial charge in [-0.1, -0.05) is 6.92 Å². The molecule has 1 fully saturated rings. The highest BCUT2D eigenvalue weighted by Gasteiger charge is 2.36. The quantitative estimate of drug-likeness (QED) is 0.660. The van der Waals surface area contributed by atoms with Gasteiger partial charge in [0.25, 0.3) is 0 Å². The van der Waals surface area contributed by atoms with Crippen LogP contribution in [0.25, 0.3) is 0 Å². The van der Waals surface area contributed by atoms with Crippen LogP contribution in [0.5, 0.6) is 0 Å². The largest absolute Gasteiger partial charge is 0.465 e. The third kappa shape index (κ3) is 5.41. The molecule has 20 heavy (non-hydrogen) atoms. The van der Waals surface area contributed by atoms with E-state index in [0.29, 0.717) is 6.61 Å². The summed E-state index contributed by atoms with van der Waals surface area (Å²) >= 11 is 0. The van der Waals surface area contributed by atoms with E-state index < -0.39 is 5.54 Å². The summed E-state index contributed by atoms with van der Waals surface area (Å²) in [5.74, 6) is 1.59. The Morgan fingerprint density at radius 1 is 1.50 bits per heavy atom. The molecule has 4 nitrogen and oxygen atoms in total. The molecular weight excluding hydrogens is 252 g/mol. The molecule has 0 amide bonds. The first-order valence-electron chi connectivity index (χ1n) is 7.92. The van der Waals surface area contributed by atoms with Crippen molar-refractivity contribution in [2.24, 2.45) is 11.8 Å². The van der Waals surface area contributed by atoms with Crippen LogP contribution in [0.3, 0.4) is 0 Å². The van der Waals surface area contributed by atoms with E-state index in [0.717, 1.165) is 31.3 Å². The van der Waals surface area contributed by atoms with Crippen LogP contribution in [-0.2, 0) is 9.53 Å². The van der Waals surface area contributed by atoms with Crippen molar-refractivity contribution in [2.75, 3.05) is 26.7 Å². The lowest BCUT2D eigenvalue weighted by atomic mass is 9.96. The van der Waals surface area contributed by atoms with Crippen LogP contribution in [-0.4, -0.2) is 49.2 Å². The standard InChI is InChI=1S/C16H32N2O2/c1-7-20-15(19)16(5,17-12(2)3)8-9-18(6)11-14-10-13(14)4/h12-14,17H,7-11H2,1-6H3. The van der Waals surface area contributed by atoms with E-state index in [1.165, 1.54) is 6.42 Å². The number of carbonyl (C=O) groups is 1. The summed E-state index contributed by atoms with van der Waals surface area (Å²) < 4.78 is 5.23. The van der Waals surface area contributed by atoms with Crippen molar-refractivity contribution in [1.82, 2.24) is 10.2 Å². The number of nitrogens with one attached hydrogen (secondary N) is 1. The van der Waals surface area contributed by atoms with Gasteiger partial charge in [-0.15, -0.1) is 0 Å². The summed E-state index contributed by atoms with van der Waals surface area (Å²) in [6, 6.07) is 0.262. The van der Waals surface area contributed by atoms with Crippen molar-refractivity contribution in [1.29, 1.82) is 0 Å². The van der Waals surface area contributed by atoms with Gasteiger partial charge in [-0.25, -0.2) is 0 Å². The van der Waals surface area contributed by atoms with Crippen LogP contribution in [0, 0.1) is 11.8 Å². The SMILES string of the molecule is CCOC(=O)C(C)(CCN(C)CC1CC1C)NC(C)C. The summed E-state index contributed by atoms with van der Waals surface area (Å²) in [6.45, 7) is 12.7. The van der Waals surface area contributed by atoms with Crippen molar-refractivity contribution in [3.05, 3.63) is 0 Å². The first-order valence-corrected chi connectivity index (χ1v) is 7.92. The summed E-state index contributed by atoms with van der Waals surface area (Å²) in [5, 5.41) is 3.37. The zero-order chi connectivity index (χ0) is 15.3. The first-order chi connectivity index (χ1) is 9.28. The number of hydrogen-bond acceptors (Lipinski definition) is 4. The highest BCUT2D eigenvalue weighted by atomic mass is 16.5. The molecule has 3 unspecified atom stereocenters. The van der Waals surface area contributed by atoms with Crippen molar-refractivity contribution in [2.45, 2.75) is 59.0 Å². The van der Waals surface area contributed by atoms with Gasteiger partial charge in [0.15, 0.2) is 0 Å². The molecule has 0 aromatic rings. The van der Waals surface area contributed by atoms with Gasteiger partial charge in [-0.3, -0.25) is 10.1 Å². The van der Waals surface area contributed by atoms with Crippen LogP contribution in [0.1, 0.15) is 47.5 Å². The number of carbonyl (C=O) groups excluding carboxylic acids is 1. The summed E-state index contributed by atoms with van der Waals surface area (Å²) in [7, 11) is 2.14. The fourth-order valence-electron chi connectivity index (χ4n) is 2.72. The van der Waals surface area contributed by atoms with Crippen LogP contribution >= 0.6 is 0 Å². The fraction of sp³-hybridized carbons (Fsp3) is 0.938. The molecule has 0 aromatic heterocycles. The predicted molar refractivity (Wildman–Crippen MR) is 82.7 cm³/mol. The molecule has 0 heterocycles. The lowest BCUT2D eigenvalue weighted by Crippen LogP contribution is -2.54. The van der Waals surface area contributed by atoms with Crippen molar-refractivity contribution >= 4 is 5.97 Å². The maximum atomic E-state index is 12.2. The van der Waals surface area contributed by atoms with Gasteiger partial charge in [0.1, 0.15) is 5.54 Å². The van der Waals surface area contributed by atoms with E-state index in [1.807, 2.05) is 13.8 Å². The maximum absolute atomic E-state index is 12.2. The van der Waals surface area contributed by atoms with E-state index in [1.54, 1.807) is 0 Å². The molecule has 0 aliphatic heterocycles. The lowest BCUT2D eigenvalue weighted by Gasteiger charge is -2.32. The minimum Gasteiger partial charge on any atom is -0.465 e. The minimum atomic E-state index is -0.590. The zero-order valence-electron chi connectivity index (χ0n) is 14.0. The van der Waals surface area contributed by atoms with Gasteiger partial charge in [0.05, 0.1) is 6.61 Å². The van der Waals surface area contributed by atoms with Crippen molar-refractivity contribution in [3.63, 3.8) is 0 Å². The molecule has 118 valence electrons. The third-order valence-corrected chi connectivity index (χ3v) is 4.15.